The van der Waals surface area contributed by atoms with Crippen LogP contribution in [0.2, 0.25) is 0 Å². The molecular formula is C13H24N2O3. The summed E-state index contributed by atoms with van der Waals surface area (Å²) >= 11 is 0. The number of amides is 2. The zero-order valence-electron chi connectivity index (χ0n) is 11.3. The Hall–Kier alpha value is -1.26. The van der Waals surface area contributed by atoms with Gasteiger partial charge in [-0.15, -0.1) is 0 Å². The molecule has 0 bridgehead atoms. The SMILES string of the molecule is CCN(CCC(=O)O)C(=O)NC(C)C1CCCC1. The minimum absolute atomic E-state index is 0.000923. The molecule has 1 fully saturated rings. The summed E-state index contributed by atoms with van der Waals surface area (Å²) < 4.78 is 0. The summed E-state index contributed by atoms with van der Waals surface area (Å²) in [5.74, 6) is -0.294. The molecule has 1 aliphatic rings. The fourth-order valence-electron chi connectivity index (χ4n) is 2.50. The molecule has 18 heavy (non-hydrogen) atoms. The first kappa shape index (κ1) is 14.8. The second-order valence-electron chi connectivity index (χ2n) is 5.01. The van der Waals surface area contributed by atoms with E-state index in [1.165, 1.54) is 25.7 Å². The fourth-order valence-corrected chi connectivity index (χ4v) is 2.50. The Balaban J connectivity index is 2.38. The van der Waals surface area contributed by atoms with Crippen LogP contribution in [0.1, 0.15) is 46.0 Å². The maximum atomic E-state index is 12.0. The van der Waals surface area contributed by atoms with Crippen LogP contribution < -0.4 is 5.32 Å². The van der Waals surface area contributed by atoms with Gasteiger partial charge in [-0.25, -0.2) is 4.79 Å². The molecule has 0 aliphatic heterocycles. The first-order valence-corrected chi connectivity index (χ1v) is 6.81. The van der Waals surface area contributed by atoms with Crippen molar-refractivity contribution in [2.75, 3.05) is 13.1 Å². The Kier molecular flexibility index (Phi) is 5.95. The molecule has 1 saturated carbocycles. The smallest absolute Gasteiger partial charge is 0.317 e. The Morgan fingerprint density at radius 2 is 2.00 bits per heavy atom. The van der Waals surface area contributed by atoms with E-state index in [2.05, 4.69) is 5.32 Å². The standard InChI is InChI=1S/C13H24N2O3/c1-3-15(9-8-12(16)17)13(18)14-10(2)11-6-4-5-7-11/h10-11H,3-9H2,1-2H3,(H,14,18)(H,16,17). The molecule has 1 aliphatic carbocycles. The Bertz CT molecular complexity index is 288. The number of carbonyl (C=O) groups excluding carboxylic acids is 1. The van der Waals surface area contributed by atoms with Crippen LogP contribution in [-0.4, -0.2) is 41.1 Å². The molecule has 0 saturated heterocycles. The number of hydrogen-bond donors (Lipinski definition) is 2. The molecule has 0 heterocycles. The van der Waals surface area contributed by atoms with Crippen LogP contribution in [0.15, 0.2) is 0 Å². The van der Waals surface area contributed by atoms with Gasteiger partial charge in [0.05, 0.1) is 6.42 Å². The van der Waals surface area contributed by atoms with Gasteiger partial charge in [0.25, 0.3) is 0 Å². The lowest BCUT2D eigenvalue weighted by molar-refractivity contribution is -0.137. The number of nitrogens with one attached hydrogen (secondary N) is 1. The Labute approximate surface area is 109 Å². The average molecular weight is 256 g/mol. The molecule has 0 aromatic heterocycles. The van der Waals surface area contributed by atoms with Gasteiger partial charge < -0.3 is 15.3 Å². The molecule has 0 spiro atoms. The third kappa shape index (κ3) is 4.55. The van der Waals surface area contributed by atoms with Crippen LogP contribution >= 0.6 is 0 Å². The van der Waals surface area contributed by atoms with Crippen molar-refractivity contribution in [1.82, 2.24) is 10.2 Å². The molecule has 2 amide bonds. The second kappa shape index (κ2) is 7.24. The number of carbonyl (C=O) groups is 2. The monoisotopic (exact) mass is 256 g/mol. The normalized spacial score (nSPS) is 17.4. The summed E-state index contributed by atoms with van der Waals surface area (Å²) in [5, 5.41) is 11.6. The van der Waals surface area contributed by atoms with Gasteiger partial charge in [0.15, 0.2) is 0 Å². The van der Waals surface area contributed by atoms with Gasteiger partial charge in [0, 0.05) is 19.1 Å². The number of hydrogen-bond acceptors (Lipinski definition) is 2. The summed E-state index contributed by atoms with van der Waals surface area (Å²) in [5.41, 5.74) is 0. The van der Waals surface area contributed by atoms with Crippen molar-refractivity contribution in [2.45, 2.75) is 52.0 Å². The lowest BCUT2D eigenvalue weighted by Gasteiger charge is -2.26. The second-order valence-corrected chi connectivity index (χ2v) is 5.01. The molecule has 0 radical (unpaired) electrons. The van der Waals surface area contributed by atoms with Gasteiger partial charge in [-0.1, -0.05) is 12.8 Å². The Morgan fingerprint density at radius 1 is 1.39 bits per heavy atom. The van der Waals surface area contributed by atoms with Gasteiger partial charge in [-0.2, -0.15) is 0 Å². The lowest BCUT2D eigenvalue weighted by Crippen LogP contribution is -2.46. The third-order valence-corrected chi connectivity index (χ3v) is 3.72. The molecular weight excluding hydrogens is 232 g/mol. The molecule has 104 valence electrons. The van der Waals surface area contributed by atoms with Gasteiger partial charge in [-0.3, -0.25) is 4.79 Å². The molecule has 0 aromatic rings. The molecule has 0 aromatic carbocycles. The van der Waals surface area contributed by atoms with Gasteiger partial charge in [0.2, 0.25) is 0 Å². The summed E-state index contributed by atoms with van der Waals surface area (Å²) in [4.78, 5) is 24.0. The summed E-state index contributed by atoms with van der Waals surface area (Å²) in [7, 11) is 0. The first-order chi connectivity index (χ1) is 8.54. The number of nitrogens with zero attached hydrogens (tertiary/aromatic N) is 1. The van der Waals surface area contributed by atoms with E-state index in [0.717, 1.165) is 0 Å². The van der Waals surface area contributed by atoms with Crippen LogP contribution in [0.5, 0.6) is 0 Å². The van der Waals surface area contributed by atoms with Crippen LogP contribution in [0.3, 0.4) is 0 Å². The Morgan fingerprint density at radius 3 is 2.50 bits per heavy atom. The minimum atomic E-state index is -0.870. The van der Waals surface area contributed by atoms with E-state index < -0.39 is 5.97 Å². The quantitative estimate of drug-likeness (QED) is 0.764. The van der Waals surface area contributed by atoms with Crippen LogP contribution in [0.4, 0.5) is 4.79 Å². The summed E-state index contributed by atoms with van der Waals surface area (Å²) in [6.07, 6.45) is 4.87. The highest BCUT2D eigenvalue weighted by Gasteiger charge is 2.24. The van der Waals surface area contributed by atoms with E-state index in [4.69, 9.17) is 5.11 Å². The van der Waals surface area contributed by atoms with Gasteiger partial charge in [0.1, 0.15) is 0 Å². The van der Waals surface area contributed by atoms with E-state index in [0.29, 0.717) is 12.5 Å². The van der Waals surface area contributed by atoms with Gasteiger partial charge >= 0.3 is 12.0 Å². The average Bonchev–Trinajstić information content (AvgIpc) is 2.82. The predicted octanol–water partition coefficient (Wildman–Crippen LogP) is 2.07. The molecule has 2 N–H and O–H groups in total. The van der Waals surface area contributed by atoms with Gasteiger partial charge in [-0.05, 0) is 32.6 Å². The summed E-state index contributed by atoms with van der Waals surface area (Å²) in [6.45, 7) is 4.71. The van der Waals surface area contributed by atoms with E-state index in [1.54, 1.807) is 4.90 Å². The van der Waals surface area contributed by atoms with Crippen molar-refractivity contribution in [1.29, 1.82) is 0 Å². The maximum Gasteiger partial charge on any atom is 0.317 e. The van der Waals surface area contributed by atoms with E-state index in [-0.39, 0.29) is 25.0 Å². The topological polar surface area (TPSA) is 69.6 Å². The van der Waals surface area contributed by atoms with E-state index in [1.807, 2.05) is 13.8 Å². The number of carboxylic acids is 1. The zero-order valence-corrected chi connectivity index (χ0v) is 11.3. The lowest BCUT2D eigenvalue weighted by atomic mass is 10.0. The number of aliphatic carboxylic acids is 1. The maximum absolute atomic E-state index is 12.0. The van der Waals surface area contributed by atoms with Crippen molar-refractivity contribution in [3.63, 3.8) is 0 Å². The molecule has 1 unspecified atom stereocenters. The fraction of sp³-hybridized carbons (Fsp3) is 0.846. The molecule has 5 nitrogen and oxygen atoms in total. The van der Waals surface area contributed by atoms with Crippen LogP contribution in [0, 0.1) is 5.92 Å². The van der Waals surface area contributed by atoms with Crippen LogP contribution in [0.25, 0.3) is 0 Å². The van der Waals surface area contributed by atoms with E-state index >= 15 is 0 Å². The highest BCUT2D eigenvalue weighted by molar-refractivity contribution is 5.75. The van der Waals surface area contributed by atoms with Crippen molar-refractivity contribution < 1.29 is 14.7 Å². The van der Waals surface area contributed by atoms with Crippen molar-refractivity contribution in [3.8, 4) is 0 Å². The zero-order chi connectivity index (χ0) is 13.5. The number of rotatable bonds is 6. The van der Waals surface area contributed by atoms with Crippen molar-refractivity contribution >= 4 is 12.0 Å². The summed E-state index contributed by atoms with van der Waals surface area (Å²) in [6, 6.07) is 0.0389. The number of urea groups is 1. The molecule has 1 rings (SSSR count). The van der Waals surface area contributed by atoms with Crippen LogP contribution in [-0.2, 0) is 4.79 Å². The number of carboxylic acid groups (broad SMARTS) is 1. The predicted molar refractivity (Wildman–Crippen MR) is 69.5 cm³/mol. The highest BCUT2D eigenvalue weighted by Crippen LogP contribution is 2.27. The largest absolute Gasteiger partial charge is 0.481 e. The minimum Gasteiger partial charge on any atom is -0.481 e. The highest BCUT2D eigenvalue weighted by atomic mass is 16.4. The van der Waals surface area contributed by atoms with Crippen molar-refractivity contribution in [2.24, 2.45) is 5.92 Å². The van der Waals surface area contributed by atoms with E-state index in [9.17, 15) is 9.59 Å². The first-order valence-electron chi connectivity index (χ1n) is 6.81. The molecule has 5 heteroatoms. The van der Waals surface area contributed by atoms with Crippen molar-refractivity contribution in [3.05, 3.63) is 0 Å². The molecule has 1 atom stereocenters. The third-order valence-electron chi connectivity index (χ3n) is 3.72.